The van der Waals surface area contributed by atoms with Crippen molar-refractivity contribution in [3.05, 3.63) is 23.9 Å². The summed E-state index contributed by atoms with van der Waals surface area (Å²) in [5.41, 5.74) is 7.95. The van der Waals surface area contributed by atoms with Crippen LogP contribution in [0.1, 0.15) is 19.5 Å². The molecule has 1 aromatic carbocycles. The Hall–Kier alpha value is -2.50. The molecule has 0 saturated carbocycles. The van der Waals surface area contributed by atoms with Gasteiger partial charge in [0.05, 0.1) is 31.7 Å². The van der Waals surface area contributed by atoms with E-state index in [9.17, 15) is 0 Å². The topological polar surface area (TPSA) is 79.5 Å². The van der Waals surface area contributed by atoms with Gasteiger partial charge < -0.3 is 19.9 Å². The summed E-state index contributed by atoms with van der Waals surface area (Å²) in [6, 6.07) is 5.60. The Morgan fingerprint density at radius 3 is 2.41 bits per heavy atom. The first-order chi connectivity index (χ1) is 10.5. The molecule has 0 aliphatic carbocycles. The van der Waals surface area contributed by atoms with Gasteiger partial charge in [0, 0.05) is 11.6 Å². The molecule has 2 N–H and O–H groups in total. The highest BCUT2D eigenvalue weighted by Crippen LogP contribution is 2.35. The zero-order valence-electron chi connectivity index (χ0n) is 13.5. The lowest BCUT2D eigenvalue weighted by molar-refractivity contribution is 0.241. The summed E-state index contributed by atoms with van der Waals surface area (Å²) in [6.45, 7) is 5.79. The van der Waals surface area contributed by atoms with Crippen LogP contribution < -0.4 is 19.9 Å². The molecule has 0 amide bonds. The largest absolute Gasteiger partial charge is 0.496 e. The Kier molecular flexibility index (Phi) is 4.70. The highest BCUT2D eigenvalue weighted by molar-refractivity contribution is 5.71. The maximum Gasteiger partial charge on any atom is 0.257 e. The molecule has 2 aromatic rings. The zero-order valence-corrected chi connectivity index (χ0v) is 13.5. The Balaban J connectivity index is 2.52. The molecule has 0 fully saturated rings. The number of anilines is 1. The lowest BCUT2D eigenvalue weighted by Crippen LogP contribution is -2.06. The molecule has 1 aromatic heterocycles. The van der Waals surface area contributed by atoms with Crippen molar-refractivity contribution in [3.8, 4) is 28.6 Å². The molecule has 0 bridgehead atoms. The number of hydrogen-bond donors (Lipinski definition) is 1. The summed E-state index contributed by atoms with van der Waals surface area (Å²) in [5.74, 6) is 1.96. The molecule has 0 aliphatic heterocycles. The fraction of sp³-hybridized carbons (Fsp3) is 0.375. The second kappa shape index (κ2) is 6.51. The average molecular weight is 303 g/mol. The standard InChI is InChI=1S/C16H21N3O3/c1-9(2)22-11-6-7-12(13(8-11)20-4)14-10(3)18-15(17)16(19-14)21-5/h6-9H,1-5H3,(H2,17,18). The number of nitrogens with two attached hydrogens (primary N) is 1. The molecular weight excluding hydrogens is 282 g/mol. The molecule has 2 rings (SSSR count). The number of hydrogen-bond acceptors (Lipinski definition) is 6. The molecule has 0 saturated heterocycles. The number of nitrogen functional groups attached to an aromatic ring is 1. The minimum atomic E-state index is 0.0914. The number of aromatic nitrogens is 2. The van der Waals surface area contributed by atoms with Gasteiger partial charge in [-0.2, -0.15) is 0 Å². The van der Waals surface area contributed by atoms with Crippen molar-refractivity contribution in [2.24, 2.45) is 0 Å². The Bertz CT molecular complexity index is 672. The van der Waals surface area contributed by atoms with Crippen LogP contribution in [0.3, 0.4) is 0 Å². The van der Waals surface area contributed by atoms with Crippen LogP contribution in [0.5, 0.6) is 17.4 Å². The van der Waals surface area contributed by atoms with Gasteiger partial charge in [0.25, 0.3) is 5.88 Å². The van der Waals surface area contributed by atoms with Crippen molar-refractivity contribution < 1.29 is 14.2 Å². The Morgan fingerprint density at radius 2 is 1.82 bits per heavy atom. The third-order valence-electron chi connectivity index (χ3n) is 3.06. The number of nitrogens with zero attached hydrogens (tertiary/aromatic N) is 2. The van der Waals surface area contributed by atoms with Gasteiger partial charge in [-0.3, -0.25) is 0 Å². The number of benzene rings is 1. The van der Waals surface area contributed by atoms with Gasteiger partial charge >= 0.3 is 0 Å². The van der Waals surface area contributed by atoms with E-state index in [4.69, 9.17) is 19.9 Å². The molecule has 22 heavy (non-hydrogen) atoms. The molecule has 118 valence electrons. The van der Waals surface area contributed by atoms with Crippen molar-refractivity contribution in [2.45, 2.75) is 26.9 Å². The molecule has 0 aliphatic rings. The normalized spacial score (nSPS) is 10.6. The van der Waals surface area contributed by atoms with Crippen LogP contribution >= 0.6 is 0 Å². The first-order valence-corrected chi connectivity index (χ1v) is 6.99. The zero-order chi connectivity index (χ0) is 16.3. The maximum absolute atomic E-state index is 5.78. The molecule has 0 unspecified atom stereocenters. The molecule has 1 heterocycles. The van der Waals surface area contributed by atoms with E-state index in [-0.39, 0.29) is 11.9 Å². The van der Waals surface area contributed by atoms with Gasteiger partial charge in [-0.1, -0.05) is 0 Å². The van der Waals surface area contributed by atoms with E-state index in [0.717, 1.165) is 11.3 Å². The predicted octanol–water partition coefficient (Wildman–Crippen LogP) is 2.84. The van der Waals surface area contributed by atoms with E-state index in [1.54, 1.807) is 7.11 Å². The van der Waals surface area contributed by atoms with Crippen molar-refractivity contribution in [3.63, 3.8) is 0 Å². The van der Waals surface area contributed by atoms with Crippen LogP contribution in [-0.2, 0) is 0 Å². The molecule has 0 spiro atoms. The van der Waals surface area contributed by atoms with Crippen LogP contribution in [0.2, 0.25) is 0 Å². The van der Waals surface area contributed by atoms with Gasteiger partial charge in [-0.15, -0.1) is 0 Å². The predicted molar refractivity (Wildman–Crippen MR) is 85.5 cm³/mol. The minimum Gasteiger partial charge on any atom is -0.496 e. The summed E-state index contributed by atoms with van der Waals surface area (Å²) >= 11 is 0. The second-order valence-corrected chi connectivity index (χ2v) is 5.08. The quantitative estimate of drug-likeness (QED) is 0.915. The number of aryl methyl sites for hydroxylation is 1. The van der Waals surface area contributed by atoms with Crippen LogP contribution in [0.15, 0.2) is 18.2 Å². The highest BCUT2D eigenvalue weighted by Gasteiger charge is 2.16. The third-order valence-corrected chi connectivity index (χ3v) is 3.06. The fourth-order valence-electron chi connectivity index (χ4n) is 2.14. The monoisotopic (exact) mass is 303 g/mol. The molecule has 0 radical (unpaired) electrons. The second-order valence-electron chi connectivity index (χ2n) is 5.08. The van der Waals surface area contributed by atoms with Gasteiger partial charge in [0.1, 0.15) is 11.5 Å². The molecule has 6 heteroatoms. The Morgan fingerprint density at radius 1 is 1.09 bits per heavy atom. The highest BCUT2D eigenvalue weighted by atomic mass is 16.5. The summed E-state index contributed by atoms with van der Waals surface area (Å²) in [5, 5.41) is 0. The minimum absolute atomic E-state index is 0.0914. The van der Waals surface area contributed by atoms with Crippen molar-refractivity contribution in [2.75, 3.05) is 20.0 Å². The molecule has 6 nitrogen and oxygen atoms in total. The van der Waals surface area contributed by atoms with Crippen LogP contribution in [-0.4, -0.2) is 30.3 Å². The van der Waals surface area contributed by atoms with E-state index in [2.05, 4.69) is 9.97 Å². The van der Waals surface area contributed by atoms with Crippen LogP contribution in [0.25, 0.3) is 11.3 Å². The van der Waals surface area contributed by atoms with Crippen molar-refractivity contribution in [1.29, 1.82) is 0 Å². The van der Waals surface area contributed by atoms with E-state index < -0.39 is 0 Å². The Labute approximate surface area is 130 Å². The van der Waals surface area contributed by atoms with Crippen LogP contribution in [0.4, 0.5) is 5.82 Å². The van der Waals surface area contributed by atoms with E-state index in [1.807, 2.05) is 39.0 Å². The lowest BCUT2D eigenvalue weighted by Gasteiger charge is -2.15. The van der Waals surface area contributed by atoms with Gasteiger partial charge in [-0.25, -0.2) is 9.97 Å². The first-order valence-electron chi connectivity index (χ1n) is 6.99. The smallest absolute Gasteiger partial charge is 0.257 e. The molecule has 0 atom stereocenters. The number of ether oxygens (including phenoxy) is 3. The van der Waals surface area contributed by atoms with Crippen molar-refractivity contribution in [1.82, 2.24) is 9.97 Å². The summed E-state index contributed by atoms with van der Waals surface area (Å²) in [6.07, 6.45) is 0.0914. The SMILES string of the molecule is COc1cc(OC(C)C)ccc1-c1nc(OC)c(N)nc1C. The number of methoxy groups -OCH3 is 2. The average Bonchev–Trinajstić information content (AvgIpc) is 2.47. The van der Waals surface area contributed by atoms with Gasteiger partial charge in [0.2, 0.25) is 0 Å². The third kappa shape index (κ3) is 3.21. The fourth-order valence-corrected chi connectivity index (χ4v) is 2.14. The first kappa shape index (κ1) is 15.9. The van der Waals surface area contributed by atoms with E-state index >= 15 is 0 Å². The molecular formula is C16H21N3O3. The lowest BCUT2D eigenvalue weighted by atomic mass is 10.1. The van der Waals surface area contributed by atoms with Gasteiger partial charge in [0.15, 0.2) is 5.82 Å². The van der Waals surface area contributed by atoms with Crippen molar-refractivity contribution >= 4 is 5.82 Å². The summed E-state index contributed by atoms with van der Waals surface area (Å²) < 4.78 is 16.3. The number of rotatable bonds is 5. The maximum atomic E-state index is 5.78. The van der Waals surface area contributed by atoms with Gasteiger partial charge in [-0.05, 0) is 32.9 Å². The summed E-state index contributed by atoms with van der Waals surface area (Å²) in [7, 11) is 3.12. The van der Waals surface area contributed by atoms with E-state index in [0.29, 0.717) is 23.0 Å². The summed E-state index contributed by atoms with van der Waals surface area (Å²) in [4.78, 5) is 8.70. The van der Waals surface area contributed by atoms with E-state index in [1.165, 1.54) is 7.11 Å². The van der Waals surface area contributed by atoms with Crippen LogP contribution in [0, 0.1) is 6.92 Å².